The first-order chi connectivity index (χ1) is 8.99. The summed E-state index contributed by atoms with van der Waals surface area (Å²) in [5.74, 6) is -0.407. The summed E-state index contributed by atoms with van der Waals surface area (Å²) in [4.78, 5) is 11.1. The predicted octanol–water partition coefficient (Wildman–Crippen LogP) is 2.35. The highest BCUT2D eigenvalue weighted by atomic mass is 16.1. The zero-order valence-electron chi connectivity index (χ0n) is 11.5. The van der Waals surface area contributed by atoms with Crippen LogP contribution in [0.5, 0.6) is 0 Å². The maximum Gasteiger partial charge on any atom is 0.248 e. The van der Waals surface area contributed by atoms with E-state index in [1.165, 1.54) is 17.0 Å². The normalized spacial score (nSPS) is 10.5. The minimum atomic E-state index is -0.407. The highest BCUT2D eigenvalue weighted by molar-refractivity contribution is 5.93. The lowest BCUT2D eigenvalue weighted by molar-refractivity contribution is 0.100. The first-order valence-electron chi connectivity index (χ1n) is 6.24. The lowest BCUT2D eigenvalue weighted by Gasteiger charge is -2.08. The van der Waals surface area contributed by atoms with Crippen molar-refractivity contribution in [1.82, 2.24) is 4.57 Å². The van der Waals surface area contributed by atoms with Gasteiger partial charge in [0, 0.05) is 36.2 Å². The molecule has 0 aliphatic rings. The van der Waals surface area contributed by atoms with Crippen molar-refractivity contribution in [2.75, 3.05) is 5.32 Å². The number of carbonyl (C=O) groups is 1. The van der Waals surface area contributed by atoms with Crippen LogP contribution in [0.2, 0.25) is 0 Å². The van der Waals surface area contributed by atoms with Crippen LogP contribution in [-0.4, -0.2) is 10.5 Å². The molecule has 0 saturated carbocycles. The van der Waals surface area contributed by atoms with Gasteiger partial charge in [-0.15, -0.1) is 0 Å². The van der Waals surface area contributed by atoms with Gasteiger partial charge in [-0.25, -0.2) is 0 Å². The molecule has 4 heteroatoms. The second kappa shape index (κ2) is 5.18. The van der Waals surface area contributed by atoms with Gasteiger partial charge in [-0.3, -0.25) is 4.79 Å². The molecule has 19 heavy (non-hydrogen) atoms. The zero-order chi connectivity index (χ0) is 14.0. The van der Waals surface area contributed by atoms with E-state index in [9.17, 15) is 4.79 Å². The number of carbonyl (C=O) groups excluding carboxylic acids is 1. The van der Waals surface area contributed by atoms with Crippen molar-refractivity contribution >= 4 is 11.6 Å². The SMILES string of the molecule is Cc1cc(CNc2cccc(C(N)=O)c2)c(C)n1C. The third-order valence-corrected chi connectivity index (χ3v) is 3.51. The molecule has 0 radical (unpaired) electrons. The van der Waals surface area contributed by atoms with Gasteiger partial charge in [0.1, 0.15) is 0 Å². The summed E-state index contributed by atoms with van der Waals surface area (Å²) in [6, 6.07) is 9.41. The number of primary amides is 1. The molecule has 1 heterocycles. The molecule has 0 spiro atoms. The van der Waals surface area contributed by atoms with Gasteiger partial charge in [0.2, 0.25) is 5.91 Å². The highest BCUT2D eigenvalue weighted by Crippen LogP contribution is 2.16. The van der Waals surface area contributed by atoms with Crippen molar-refractivity contribution in [1.29, 1.82) is 0 Å². The summed E-state index contributed by atoms with van der Waals surface area (Å²) < 4.78 is 2.16. The standard InChI is InChI=1S/C15H19N3O/c1-10-7-13(11(2)18(10)3)9-17-14-6-4-5-12(8-14)15(16)19/h4-8,17H,9H2,1-3H3,(H2,16,19). The van der Waals surface area contributed by atoms with Crippen LogP contribution in [0.15, 0.2) is 30.3 Å². The number of hydrogen-bond acceptors (Lipinski definition) is 2. The van der Waals surface area contributed by atoms with Crippen LogP contribution in [-0.2, 0) is 13.6 Å². The van der Waals surface area contributed by atoms with Crippen LogP contribution in [0.4, 0.5) is 5.69 Å². The topological polar surface area (TPSA) is 60.0 Å². The zero-order valence-corrected chi connectivity index (χ0v) is 11.5. The van der Waals surface area contributed by atoms with Crippen molar-refractivity contribution in [2.45, 2.75) is 20.4 Å². The van der Waals surface area contributed by atoms with E-state index in [-0.39, 0.29) is 0 Å². The number of aryl methyl sites for hydroxylation is 1. The number of hydrogen-bond donors (Lipinski definition) is 2. The van der Waals surface area contributed by atoms with E-state index < -0.39 is 5.91 Å². The number of nitrogens with two attached hydrogens (primary N) is 1. The molecule has 0 unspecified atom stereocenters. The third-order valence-electron chi connectivity index (χ3n) is 3.51. The van der Waals surface area contributed by atoms with Crippen LogP contribution >= 0.6 is 0 Å². The summed E-state index contributed by atoms with van der Waals surface area (Å²) in [5.41, 5.74) is 10.4. The maximum atomic E-state index is 11.1. The molecule has 1 aromatic heterocycles. The summed E-state index contributed by atoms with van der Waals surface area (Å²) in [6.45, 7) is 4.92. The van der Waals surface area contributed by atoms with Crippen molar-refractivity contribution in [2.24, 2.45) is 12.8 Å². The lowest BCUT2D eigenvalue weighted by Crippen LogP contribution is -2.11. The molecule has 1 amide bonds. The van der Waals surface area contributed by atoms with E-state index in [2.05, 4.69) is 36.8 Å². The second-order valence-electron chi connectivity index (χ2n) is 4.75. The Morgan fingerprint density at radius 2 is 2.05 bits per heavy atom. The minimum Gasteiger partial charge on any atom is -0.381 e. The Labute approximate surface area is 113 Å². The maximum absolute atomic E-state index is 11.1. The smallest absolute Gasteiger partial charge is 0.248 e. The van der Waals surface area contributed by atoms with Crippen molar-refractivity contribution in [3.8, 4) is 0 Å². The Morgan fingerprint density at radius 3 is 2.63 bits per heavy atom. The number of aromatic nitrogens is 1. The molecule has 3 N–H and O–H groups in total. The number of nitrogens with zero attached hydrogens (tertiary/aromatic N) is 1. The van der Waals surface area contributed by atoms with Gasteiger partial charge in [0.15, 0.2) is 0 Å². The molecule has 0 aliphatic carbocycles. The first-order valence-corrected chi connectivity index (χ1v) is 6.24. The fraction of sp³-hybridized carbons (Fsp3) is 0.267. The second-order valence-corrected chi connectivity index (χ2v) is 4.75. The molecule has 0 fully saturated rings. The van der Waals surface area contributed by atoms with Gasteiger partial charge in [-0.1, -0.05) is 6.07 Å². The number of rotatable bonds is 4. The van der Waals surface area contributed by atoms with Gasteiger partial charge in [-0.2, -0.15) is 0 Å². The molecule has 2 aromatic rings. The molecule has 1 aromatic carbocycles. The van der Waals surface area contributed by atoms with Crippen LogP contribution in [0.25, 0.3) is 0 Å². The molecule has 4 nitrogen and oxygen atoms in total. The van der Waals surface area contributed by atoms with E-state index >= 15 is 0 Å². The molecular weight excluding hydrogens is 238 g/mol. The van der Waals surface area contributed by atoms with Crippen molar-refractivity contribution < 1.29 is 4.79 Å². The average Bonchev–Trinajstić information content (AvgIpc) is 2.64. The van der Waals surface area contributed by atoms with E-state index in [1.807, 2.05) is 12.1 Å². The lowest BCUT2D eigenvalue weighted by atomic mass is 10.2. The van der Waals surface area contributed by atoms with E-state index in [0.29, 0.717) is 5.56 Å². The number of anilines is 1. The average molecular weight is 257 g/mol. The number of benzene rings is 1. The largest absolute Gasteiger partial charge is 0.381 e. The van der Waals surface area contributed by atoms with Crippen LogP contribution in [0, 0.1) is 13.8 Å². The fourth-order valence-electron chi connectivity index (χ4n) is 2.09. The van der Waals surface area contributed by atoms with Crippen LogP contribution in [0.1, 0.15) is 27.3 Å². The number of amides is 1. The predicted molar refractivity (Wildman–Crippen MR) is 77.2 cm³/mol. The van der Waals surface area contributed by atoms with Gasteiger partial charge in [0.25, 0.3) is 0 Å². The van der Waals surface area contributed by atoms with E-state index in [1.54, 1.807) is 12.1 Å². The Bertz CT molecular complexity index is 614. The Balaban J connectivity index is 2.12. The monoisotopic (exact) mass is 257 g/mol. The fourth-order valence-corrected chi connectivity index (χ4v) is 2.09. The minimum absolute atomic E-state index is 0.407. The van der Waals surface area contributed by atoms with Crippen LogP contribution in [0.3, 0.4) is 0 Å². The van der Waals surface area contributed by atoms with Gasteiger partial charge < -0.3 is 15.6 Å². The molecule has 0 atom stereocenters. The van der Waals surface area contributed by atoms with E-state index in [0.717, 1.165) is 12.2 Å². The Morgan fingerprint density at radius 1 is 1.32 bits per heavy atom. The van der Waals surface area contributed by atoms with Crippen molar-refractivity contribution in [3.05, 3.63) is 52.8 Å². The molecular formula is C15H19N3O. The first kappa shape index (κ1) is 13.2. The molecule has 0 aliphatic heterocycles. The van der Waals surface area contributed by atoms with Gasteiger partial charge in [0.05, 0.1) is 0 Å². The summed E-state index contributed by atoms with van der Waals surface area (Å²) in [6.07, 6.45) is 0. The molecule has 2 rings (SSSR count). The van der Waals surface area contributed by atoms with Crippen LogP contribution < -0.4 is 11.1 Å². The van der Waals surface area contributed by atoms with Gasteiger partial charge in [-0.05, 0) is 43.7 Å². The van der Waals surface area contributed by atoms with E-state index in [4.69, 9.17) is 5.73 Å². The molecule has 0 saturated heterocycles. The number of nitrogens with one attached hydrogen (secondary N) is 1. The molecule has 0 bridgehead atoms. The van der Waals surface area contributed by atoms with Gasteiger partial charge >= 0.3 is 0 Å². The molecule has 100 valence electrons. The summed E-state index contributed by atoms with van der Waals surface area (Å²) in [7, 11) is 2.06. The Kier molecular flexibility index (Phi) is 3.60. The van der Waals surface area contributed by atoms with Crippen molar-refractivity contribution in [3.63, 3.8) is 0 Å². The highest BCUT2D eigenvalue weighted by Gasteiger charge is 2.06. The Hall–Kier alpha value is -2.23. The summed E-state index contributed by atoms with van der Waals surface area (Å²) >= 11 is 0. The quantitative estimate of drug-likeness (QED) is 0.883. The third kappa shape index (κ3) is 2.78. The summed E-state index contributed by atoms with van der Waals surface area (Å²) in [5, 5.41) is 3.32.